The number of carbonyl (C=O) groups is 2. The van der Waals surface area contributed by atoms with E-state index in [2.05, 4.69) is 21.8 Å². The van der Waals surface area contributed by atoms with E-state index in [4.69, 9.17) is 5.73 Å². The van der Waals surface area contributed by atoms with E-state index in [1.165, 1.54) is 7.11 Å². The van der Waals surface area contributed by atoms with Crippen molar-refractivity contribution in [2.24, 2.45) is 5.73 Å². The van der Waals surface area contributed by atoms with Crippen LogP contribution in [0.1, 0.15) is 12.8 Å². The normalized spacial score (nSPS) is 11.9. The van der Waals surface area contributed by atoms with Gasteiger partial charge in [0.25, 0.3) is 0 Å². The molecule has 0 aromatic heterocycles. The number of hydrogen-bond donors (Lipinski definition) is 2. The Balaban J connectivity index is 3.63. The maximum absolute atomic E-state index is 10.7. The molecule has 2 N–H and O–H groups in total. The molecular formula is C6H11NO4S. The largest absolute Gasteiger partial charge is 0.468 e. The first-order chi connectivity index (χ1) is 5.61. The molecule has 0 bridgehead atoms. The molecule has 0 aromatic carbocycles. The van der Waals surface area contributed by atoms with Crippen LogP contribution >= 0.6 is 12.9 Å². The van der Waals surface area contributed by atoms with Crippen LogP contribution in [-0.2, 0) is 18.5 Å². The summed E-state index contributed by atoms with van der Waals surface area (Å²) < 4.78 is 8.40. The molecule has 0 heterocycles. The molecule has 0 radical (unpaired) electrons. The fourth-order valence-corrected chi connectivity index (χ4v) is 0.680. The summed E-state index contributed by atoms with van der Waals surface area (Å²) >= 11 is 3.29. The van der Waals surface area contributed by atoms with Gasteiger partial charge >= 0.3 is 11.9 Å². The van der Waals surface area contributed by atoms with Crippen molar-refractivity contribution in [3.63, 3.8) is 0 Å². The predicted octanol–water partition coefficient (Wildman–Crippen LogP) is -0.345. The molecule has 0 saturated carbocycles. The number of rotatable bonds is 4. The smallest absolute Gasteiger partial charge is 0.322 e. The van der Waals surface area contributed by atoms with Gasteiger partial charge < -0.3 is 14.7 Å². The van der Waals surface area contributed by atoms with Crippen LogP contribution in [-0.4, -0.2) is 25.1 Å². The van der Waals surface area contributed by atoms with E-state index in [1.807, 2.05) is 0 Å². The monoisotopic (exact) mass is 193 g/mol. The zero-order valence-corrected chi connectivity index (χ0v) is 7.54. The predicted molar refractivity (Wildman–Crippen MR) is 44.3 cm³/mol. The molecule has 0 aliphatic rings. The lowest BCUT2D eigenvalue weighted by Gasteiger charge is -2.06. The fourth-order valence-electron chi connectivity index (χ4n) is 0.588. The van der Waals surface area contributed by atoms with Crippen LogP contribution in [0.2, 0.25) is 0 Å². The molecule has 6 heteroatoms. The quantitative estimate of drug-likeness (QED) is 0.362. The highest BCUT2D eigenvalue weighted by molar-refractivity contribution is 7.75. The minimum Gasteiger partial charge on any atom is -0.468 e. The van der Waals surface area contributed by atoms with Crippen molar-refractivity contribution in [1.82, 2.24) is 0 Å². The summed E-state index contributed by atoms with van der Waals surface area (Å²) in [6.45, 7) is 0. The van der Waals surface area contributed by atoms with E-state index >= 15 is 0 Å². The van der Waals surface area contributed by atoms with Crippen LogP contribution in [0.15, 0.2) is 0 Å². The average Bonchev–Trinajstić information content (AvgIpc) is 2.11. The Labute approximate surface area is 75.8 Å². The number of ether oxygens (including phenoxy) is 1. The van der Waals surface area contributed by atoms with Crippen LogP contribution in [0.25, 0.3) is 0 Å². The molecule has 0 rings (SSSR count). The Morgan fingerprint density at radius 1 is 1.58 bits per heavy atom. The first-order valence-corrected chi connectivity index (χ1v) is 3.66. The number of thiol groups is 1. The molecule has 0 aliphatic heterocycles. The van der Waals surface area contributed by atoms with Crippen molar-refractivity contribution >= 4 is 24.8 Å². The van der Waals surface area contributed by atoms with E-state index in [0.717, 1.165) is 0 Å². The third-order valence-electron chi connectivity index (χ3n) is 1.27. The van der Waals surface area contributed by atoms with Gasteiger partial charge in [-0.3, -0.25) is 9.59 Å². The van der Waals surface area contributed by atoms with Crippen LogP contribution in [0, 0.1) is 0 Å². The Hall–Kier alpha value is -0.750. The van der Waals surface area contributed by atoms with Gasteiger partial charge in [-0.05, 0) is 6.42 Å². The van der Waals surface area contributed by atoms with Gasteiger partial charge in [0.1, 0.15) is 6.04 Å². The maximum atomic E-state index is 10.7. The van der Waals surface area contributed by atoms with Gasteiger partial charge in [0, 0.05) is 19.3 Å². The highest BCUT2D eigenvalue weighted by Gasteiger charge is 2.15. The topological polar surface area (TPSA) is 78.6 Å². The van der Waals surface area contributed by atoms with Gasteiger partial charge in [-0.25, -0.2) is 0 Å². The molecule has 0 amide bonds. The van der Waals surface area contributed by atoms with Crippen molar-refractivity contribution in [3.8, 4) is 0 Å². The highest BCUT2D eigenvalue weighted by atomic mass is 32.1. The van der Waals surface area contributed by atoms with Crippen molar-refractivity contribution in [3.05, 3.63) is 0 Å². The molecule has 5 nitrogen and oxygen atoms in total. The Morgan fingerprint density at radius 2 is 2.17 bits per heavy atom. The maximum Gasteiger partial charge on any atom is 0.322 e. The van der Waals surface area contributed by atoms with Gasteiger partial charge in [-0.2, -0.15) is 0 Å². The lowest BCUT2D eigenvalue weighted by atomic mass is 10.2. The lowest BCUT2D eigenvalue weighted by molar-refractivity contribution is -0.142. The summed E-state index contributed by atoms with van der Waals surface area (Å²) in [6, 6.07) is -0.776. The van der Waals surface area contributed by atoms with Gasteiger partial charge in [0.15, 0.2) is 0 Å². The molecule has 1 atom stereocenters. The number of carbonyl (C=O) groups excluding carboxylic acids is 2. The Morgan fingerprint density at radius 3 is 2.58 bits per heavy atom. The van der Waals surface area contributed by atoms with E-state index in [0.29, 0.717) is 0 Å². The zero-order chi connectivity index (χ0) is 9.56. The fraction of sp³-hybridized carbons (Fsp3) is 0.667. The van der Waals surface area contributed by atoms with Crippen LogP contribution in [0.4, 0.5) is 0 Å². The van der Waals surface area contributed by atoms with Gasteiger partial charge in [-0.1, -0.05) is 0 Å². The Kier molecular flexibility index (Phi) is 5.48. The highest BCUT2D eigenvalue weighted by Crippen LogP contribution is 1.99. The molecule has 0 aliphatic carbocycles. The third kappa shape index (κ3) is 4.20. The van der Waals surface area contributed by atoms with Crippen LogP contribution in [0.3, 0.4) is 0 Å². The van der Waals surface area contributed by atoms with E-state index in [9.17, 15) is 9.59 Å². The first kappa shape index (κ1) is 11.2. The summed E-state index contributed by atoms with van der Waals surface area (Å²) in [5.41, 5.74) is 5.32. The second kappa shape index (κ2) is 5.84. The minimum atomic E-state index is -0.776. The molecule has 0 fully saturated rings. The van der Waals surface area contributed by atoms with Crippen LogP contribution < -0.4 is 5.73 Å². The molecule has 0 aromatic rings. The summed E-state index contributed by atoms with van der Waals surface area (Å²) in [7, 11) is 1.24. The standard InChI is InChI=1S/C6H11NO4S/c1-10-6(9)4(7)2-3-5(8)11-12/h4,12H,2-3,7H2,1H3. The summed E-state index contributed by atoms with van der Waals surface area (Å²) in [4.78, 5) is 21.2. The number of nitrogens with two attached hydrogens (primary N) is 1. The van der Waals surface area contributed by atoms with Crippen molar-refractivity contribution in [2.75, 3.05) is 7.11 Å². The number of hydrogen-bond acceptors (Lipinski definition) is 6. The van der Waals surface area contributed by atoms with Gasteiger partial charge in [0.2, 0.25) is 0 Å². The molecule has 12 heavy (non-hydrogen) atoms. The van der Waals surface area contributed by atoms with E-state index in [1.54, 1.807) is 0 Å². The molecule has 70 valence electrons. The van der Waals surface area contributed by atoms with E-state index in [-0.39, 0.29) is 12.8 Å². The van der Waals surface area contributed by atoms with Crippen molar-refractivity contribution in [1.29, 1.82) is 0 Å². The summed E-state index contributed by atoms with van der Waals surface area (Å²) in [6.07, 6.45) is 0.256. The average molecular weight is 193 g/mol. The van der Waals surface area contributed by atoms with Crippen LogP contribution in [0.5, 0.6) is 0 Å². The summed E-state index contributed by atoms with van der Waals surface area (Å²) in [5, 5.41) is 0. The Bertz CT molecular complexity index is 173. The molecule has 0 spiro atoms. The minimum absolute atomic E-state index is 0.0553. The second-order valence-electron chi connectivity index (χ2n) is 2.13. The number of methoxy groups -OCH3 is 1. The SMILES string of the molecule is COC(=O)C(N)CCC(=O)OS. The van der Waals surface area contributed by atoms with Gasteiger partial charge in [0.05, 0.1) is 7.11 Å². The molecule has 0 saturated heterocycles. The number of esters is 1. The molecular weight excluding hydrogens is 182 g/mol. The first-order valence-electron chi connectivity index (χ1n) is 3.29. The van der Waals surface area contributed by atoms with Crippen molar-refractivity contribution < 1.29 is 18.5 Å². The second-order valence-corrected chi connectivity index (χ2v) is 2.31. The molecule has 1 unspecified atom stereocenters. The lowest BCUT2D eigenvalue weighted by Crippen LogP contribution is -2.32. The summed E-state index contributed by atoms with van der Waals surface area (Å²) in [5.74, 6) is -1.06. The van der Waals surface area contributed by atoms with Gasteiger partial charge in [-0.15, -0.1) is 0 Å². The van der Waals surface area contributed by atoms with E-state index < -0.39 is 18.0 Å². The zero-order valence-electron chi connectivity index (χ0n) is 6.65. The third-order valence-corrected chi connectivity index (χ3v) is 1.47. The van der Waals surface area contributed by atoms with Crippen molar-refractivity contribution in [2.45, 2.75) is 18.9 Å².